The largest absolute Gasteiger partial charge is 0.341 e. The molecule has 3 aromatic rings. The number of H-pyrrole nitrogens is 1. The van der Waals surface area contributed by atoms with Gasteiger partial charge in [-0.3, -0.25) is 9.69 Å². The van der Waals surface area contributed by atoms with Gasteiger partial charge < -0.3 is 10.3 Å². The molecule has 1 fully saturated rings. The molecule has 26 heavy (non-hydrogen) atoms. The molecule has 0 saturated carbocycles. The molecule has 1 aliphatic rings. The molecule has 0 bridgehead atoms. The average molecular weight is 348 g/mol. The molecule has 2 aromatic carbocycles. The van der Waals surface area contributed by atoms with E-state index in [0.29, 0.717) is 5.56 Å². The predicted molar refractivity (Wildman–Crippen MR) is 104 cm³/mol. The molecule has 0 radical (unpaired) electrons. The minimum Gasteiger partial charge on any atom is -0.341 e. The second kappa shape index (κ2) is 7.30. The molecule has 134 valence electrons. The number of fused-ring (bicyclic) bond motifs is 1. The van der Waals surface area contributed by atoms with Gasteiger partial charge in [0.25, 0.3) is 5.91 Å². The molecule has 1 aromatic heterocycles. The summed E-state index contributed by atoms with van der Waals surface area (Å²) in [5.41, 5.74) is 4.47. The summed E-state index contributed by atoms with van der Waals surface area (Å²) in [5.74, 6) is 0.890. The van der Waals surface area contributed by atoms with Crippen LogP contribution in [0.3, 0.4) is 0 Å². The predicted octanol–water partition coefficient (Wildman–Crippen LogP) is 4.11. The molecule has 0 aliphatic carbocycles. The number of imidazole rings is 1. The lowest BCUT2D eigenvalue weighted by Gasteiger charge is -2.25. The number of rotatable bonds is 4. The molecule has 5 heteroatoms. The van der Waals surface area contributed by atoms with Crippen LogP contribution in [0, 0.1) is 6.92 Å². The Hall–Kier alpha value is -2.66. The molecule has 2 N–H and O–H groups in total. The molecular weight excluding hydrogens is 324 g/mol. The first-order valence-corrected chi connectivity index (χ1v) is 9.26. The van der Waals surface area contributed by atoms with Crippen molar-refractivity contribution in [3.8, 4) is 0 Å². The van der Waals surface area contributed by atoms with E-state index in [1.165, 1.54) is 19.3 Å². The van der Waals surface area contributed by atoms with E-state index < -0.39 is 0 Å². The van der Waals surface area contributed by atoms with Gasteiger partial charge in [0, 0.05) is 11.3 Å². The highest BCUT2D eigenvalue weighted by Gasteiger charge is 2.13. The van der Waals surface area contributed by atoms with Crippen LogP contribution in [-0.2, 0) is 6.54 Å². The summed E-state index contributed by atoms with van der Waals surface area (Å²) in [7, 11) is 0. The van der Waals surface area contributed by atoms with Gasteiger partial charge in [0.05, 0.1) is 17.6 Å². The summed E-state index contributed by atoms with van der Waals surface area (Å²) < 4.78 is 0. The highest BCUT2D eigenvalue weighted by atomic mass is 16.1. The highest BCUT2D eigenvalue weighted by molar-refractivity contribution is 6.04. The monoisotopic (exact) mass is 348 g/mol. The van der Waals surface area contributed by atoms with Crippen LogP contribution in [0.15, 0.2) is 42.5 Å². The summed E-state index contributed by atoms with van der Waals surface area (Å²) in [6.45, 7) is 5.17. The molecule has 4 rings (SSSR count). The van der Waals surface area contributed by atoms with E-state index in [9.17, 15) is 4.79 Å². The maximum absolute atomic E-state index is 12.4. The quantitative estimate of drug-likeness (QED) is 0.746. The number of hydrogen-bond donors (Lipinski definition) is 2. The van der Waals surface area contributed by atoms with Crippen molar-refractivity contribution in [2.45, 2.75) is 32.7 Å². The van der Waals surface area contributed by atoms with E-state index in [1.807, 2.05) is 49.4 Å². The van der Waals surface area contributed by atoms with Gasteiger partial charge in [-0.25, -0.2) is 4.98 Å². The van der Waals surface area contributed by atoms with Crippen LogP contribution in [0.25, 0.3) is 11.0 Å². The number of piperidine rings is 1. The molecule has 1 amide bonds. The van der Waals surface area contributed by atoms with Crippen molar-refractivity contribution in [3.05, 3.63) is 59.4 Å². The molecule has 2 heterocycles. The number of hydrogen-bond acceptors (Lipinski definition) is 3. The Balaban J connectivity index is 1.48. The molecule has 5 nitrogen and oxygen atoms in total. The Morgan fingerprint density at radius 2 is 1.88 bits per heavy atom. The van der Waals surface area contributed by atoms with Gasteiger partial charge in [0.1, 0.15) is 5.82 Å². The lowest BCUT2D eigenvalue weighted by molar-refractivity contribution is 0.102. The fourth-order valence-electron chi connectivity index (χ4n) is 3.45. The van der Waals surface area contributed by atoms with Crippen LogP contribution >= 0.6 is 0 Å². The summed E-state index contributed by atoms with van der Waals surface area (Å²) in [6, 6.07) is 13.4. The van der Waals surface area contributed by atoms with Crippen molar-refractivity contribution in [2.24, 2.45) is 0 Å². The molecule has 0 spiro atoms. The number of amides is 1. The number of anilines is 1. The molecule has 1 aliphatic heterocycles. The standard InChI is InChI=1S/C21H24N4O/c1-15-5-7-16(8-6-15)21(26)22-17-9-10-18-19(13-17)24-20(23-18)14-25-11-3-2-4-12-25/h5-10,13H,2-4,11-12,14H2,1H3,(H,22,26)(H,23,24). The zero-order valence-corrected chi connectivity index (χ0v) is 15.1. The van der Waals surface area contributed by atoms with Crippen molar-refractivity contribution in [1.82, 2.24) is 14.9 Å². The van der Waals surface area contributed by atoms with Gasteiger partial charge in [-0.1, -0.05) is 24.1 Å². The summed E-state index contributed by atoms with van der Waals surface area (Å²) in [4.78, 5) is 22.9. The van der Waals surface area contributed by atoms with Gasteiger partial charge in [-0.2, -0.15) is 0 Å². The minimum atomic E-state index is -0.0996. The fraction of sp³-hybridized carbons (Fsp3) is 0.333. The molecule has 1 saturated heterocycles. The van der Waals surface area contributed by atoms with E-state index in [2.05, 4.69) is 20.2 Å². The number of benzene rings is 2. The van der Waals surface area contributed by atoms with E-state index in [1.54, 1.807) is 0 Å². The molecule has 0 unspecified atom stereocenters. The Kier molecular flexibility index (Phi) is 4.71. The summed E-state index contributed by atoms with van der Waals surface area (Å²) >= 11 is 0. The minimum absolute atomic E-state index is 0.0996. The van der Waals surface area contributed by atoms with Gasteiger partial charge in [0.15, 0.2) is 0 Å². The van der Waals surface area contributed by atoms with E-state index in [0.717, 1.165) is 47.7 Å². The van der Waals surface area contributed by atoms with Gasteiger partial charge in [-0.05, 0) is 63.2 Å². The zero-order valence-electron chi connectivity index (χ0n) is 15.1. The Labute approximate surface area is 153 Å². The van der Waals surface area contributed by atoms with Crippen LogP contribution in [0.5, 0.6) is 0 Å². The topological polar surface area (TPSA) is 61.0 Å². The normalized spacial score (nSPS) is 15.3. The first-order chi connectivity index (χ1) is 12.7. The van der Waals surface area contributed by atoms with Crippen molar-refractivity contribution in [2.75, 3.05) is 18.4 Å². The number of aryl methyl sites for hydroxylation is 1. The first-order valence-electron chi connectivity index (χ1n) is 9.26. The SMILES string of the molecule is Cc1ccc(C(=O)Nc2ccc3nc(CN4CCCCC4)[nH]c3c2)cc1. The van der Waals surface area contributed by atoms with Crippen molar-refractivity contribution >= 4 is 22.6 Å². The van der Waals surface area contributed by atoms with Crippen molar-refractivity contribution in [1.29, 1.82) is 0 Å². The maximum Gasteiger partial charge on any atom is 0.255 e. The van der Waals surface area contributed by atoms with E-state index in [-0.39, 0.29) is 5.91 Å². The zero-order chi connectivity index (χ0) is 17.9. The smallest absolute Gasteiger partial charge is 0.255 e. The second-order valence-corrected chi connectivity index (χ2v) is 7.07. The summed E-state index contributed by atoms with van der Waals surface area (Å²) in [6.07, 6.45) is 3.88. The lowest BCUT2D eigenvalue weighted by Crippen LogP contribution is -2.29. The van der Waals surface area contributed by atoms with Crippen LogP contribution in [0.4, 0.5) is 5.69 Å². The van der Waals surface area contributed by atoms with Crippen LogP contribution in [0.2, 0.25) is 0 Å². The Morgan fingerprint density at radius 1 is 1.12 bits per heavy atom. The number of aromatic nitrogens is 2. The Bertz CT molecular complexity index is 907. The lowest BCUT2D eigenvalue weighted by atomic mass is 10.1. The van der Waals surface area contributed by atoms with Crippen molar-refractivity contribution in [3.63, 3.8) is 0 Å². The van der Waals surface area contributed by atoms with E-state index in [4.69, 9.17) is 0 Å². The fourth-order valence-corrected chi connectivity index (χ4v) is 3.45. The van der Waals surface area contributed by atoms with Crippen LogP contribution in [-0.4, -0.2) is 33.9 Å². The van der Waals surface area contributed by atoms with Crippen LogP contribution < -0.4 is 5.32 Å². The van der Waals surface area contributed by atoms with Gasteiger partial charge in [0.2, 0.25) is 0 Å². The number of carbonyl (C=O) groups excluding carboxylic acids is 1. The molecule has 0 atom stereocenters. The third-order valence-electron chi connectivity index (χ3n) is 4.92. The molecular formula is C21H24N4O. The van der Waals surface area contributed by atoms with Crippen LogP contribution in [0.1, 0.15) is 41.0 Å². The number of nitrogens with one attached hydrogen (secondary N) is 2. The van der Waals surface area contributed by atoms with Crippen molar-refractivity contribution < 1.29 is 4.79 Å². The van der Waals surface area contributed by atoms with Gasteiger partial charge in [-0.15, -0.1) is 0 Å². The number of aromatic amines is 1. The Morgan fingerprint density at radius 3 is 2.65 bits per heavy atom. The summed E-state index contributed by atoms with van der Waals surface area (Å²) in [5, 5.41) is 2.96. The average Bonchev–Trinajstić information content (AvgIpc) is 3.04. The van der Waals surface area contributed by atoms with Gasteiger partial charge >= 0.3 is 0 Å². The number of nitrogens with zero attached hydrogens (tertiary/aromatic N) is 2. The highest BCUT2D eigenvalue weighted by Crippen LogP contribution is 2.20. The third kappa shape index (κ3) is 3.78. The number of likely N-dealkylation sites (tertiary alicyclic amines) is 1. The third-order valence-corrected chi connectivity index (χ3v) is 4.92. The first kappa shape index (κ1) is 16.8. The maximum atomic E-state index is 12.4. The second-order valence-electron chi connectivity index (χ2n) is 7.07. The number of carbonyl (C=O) groups is 1. The van der Waals surface area contributed by atoms with E-state index >= 15 is 0 Å².